The van der Waals surface area contributed by atoms with Gasteiger partial charge in [0.05, 0.1) is 5.56 Å². The predicted octanol–water partition coefficient (Wildman–Crippen LogP) is 4.42. The molecular formula is C16H17NO3S. The Labute approximate surface area is 128 Å². The van der Waals surface area contributed by atoms with Gasteiger partial charge in [-0.2, -0.15) is 0 Å². The first-order valence-corrected chi connectivity index (χ1v) is 7.80. The fraction of sp³-hybridized carbons (Fsp3) is 0.250. The predicted molar refractivity (Wildman–Crippen MR) is 83.6 cm³/mol. The van der Waals surface area contributed by atoms with Crippen molar-refractivity contribution in [1.82, 2.24) is 4.98 Å². The highest BCUT2D eigenvalue weighted by molar-refractivity contribution is 7.98. The number of hydrogen-bond donors (Lipinski definition) is 1. The van der Waals surface area contributed by atoms with E-state index in [1.54, 1.807) is 17.8 Å². The van der Waals surface area contributed by atoms with Crippen LogP contribution in [-0.4, -0.2) is 22.3 Å². The largest absolute Gasteiger partial charge is 0.478 e. The third kappa shape index (κ3) is 3.76. The third-order valence-electron chi connectivity index (χ3n) is 2.94. The van der Waals surface area contributed by atoms with E-state index < -0.39 is 5.97 Å². The average molecular weight is 303 g/mol. The normalized spacial score (nSPS) is 10.7. The van der Waals surface area contributed by atoms with E-state index in [2.05, 4.69) is 4.98 Å². The van der Waals surface area contributed by atoms with Gasteiger partial charge in [0.2, 0.25) is 5.88 Å². The van der Waals surface area contributed by atoms with Crippen LogP contribution in [0.5, 0.6) is 11.6 Å². The maximum absolute atomic E-state index is 11.2. The van der Waals surface area contributed by atoms with Crippen LogP contribution in [0.3, 0.4) is 0 Å². The summed E-state index contributed by atoms with van der Waals surface area (Å²) in [6.07, 6.45) is 1.96. The first-order chi connectivity index (χ1) is 10.0. The van der Waals surface area contributed by atoms with E-state index in [0.717, 1.165) is 4.90 Å². The Balaban J connectivity index is 2.41. The van der Waals surface area contributed by atoms with Crippen molar-refractivity contribution in [2.45, 2.75) is 24.7 Å². The van der Waals surface area contributed by atoms with Gasteiger partial charge in [-0.3, -0.25) is 0 Å². The Morgan fingerprint density at radius 3 is 2.62 bits per heavy atom. The number of carbonyl (C=O) groups is 1. The molecule has 0 radical (unpaired) electrons. The number of rotatable bonds is 5. The second-order valence-corrected chi connectivity index (χ2v) is 5.68. The van der Waals surface area contributed by atoms with Crippen molar-refractivity contribution in [2.75, 3.05) is 6.26 Å². The molecule has 5 heteroatoms. The first-order valence-electron chi connectivity index (χ1n) is 6.57. The van der Waals surface area contributed by atoms with Crippen molar-refractivity contribution in [3.05, 3.63) is 47.7 Å². The van der Waals surface area contributed by atoms with Crippen LogP contribution in [0.2, 0.25) is 0 Å². The molecule has 0 aliphatic heterocycles. The number of benzene rings is 1. The summed E-state index contributed by atoms with van der Waals surface area (Å²) >= 11 is 1.57. The van der Waals surface area contributed by atoms with Gasteiger partial charge in [-0.25, -0.2) is 9.78 Å². The van der Waals surface area contributed by atoms with Gasteiger partial charge in [-0.05, 0) is 30.4 Å². The zero-order valence-corrected chi connectivity index (χ0v) is 13.0. The van der Waals surface area contributed by atoms with E-state index in [9.17, 15) is 9.90 Å². The quantitative estimate of drug-likeness (QED) is 0.829. The van der Waals surface area contributed by atoms with Crippen LogP contribution in [0, 0.1) is 0 Å². The summed E-state index contributed by atoms with van der Waals surface area (Å²) < 4.78 is 5.79. The minimum Gasteiger partial charge on any atom is -0.478 e. The van der Waals surface area contributed by atoms with Gasteiger partial charge < -0.3 is 9.84 Å². The summed E-state index contributed by atoms with van der Waals surface area (Å²) in [7, 11) is 0. The van der Waals surface area contributed by atoms with Crippen molar-refractivity contribution in [3.63, 3.8) is 0 Å². The highest BCUT2D eigenvalue weighted by Crippen LogP contribution is 2.31. The molecule has 0 aliphatic carbocycles. The van der Waals surface area contributed by atoms with Gasteiger partial charge in [0.1, 0.15) is 5.75 Å². The van der Waals surface area contributed by atoms with Crippen molar-refractivity contribution >= 4 is 17.7 Å². The number of aromatic carboxylic acids is 1. The number of hydrogen-bond acceptors (Lipinski definition) is 4. The van der Waals surface area contributed by atoms with Crippen LogP contribution in [-0.2, 0) is 0 Å². The van der Waals surface area contributed by atoms with Crippen molar-refractivity contribution in [1.29, 1.82) is 0 Å². The minimum atomic E-state index is -0.984. The van der Waals surface area contributed by atoms with Crippen LogP contribution in [0.15, 0.2) is 41.3 Å². The number of para-hydroxylation sites is 1. The van der Waals surface area contributed by atoms with E-state index in [4.69, 9.17) is 4.74 Å². The molecule has 2 rings (SSSR count). The Morgan fingerprint density at radius 2 is 2.00 bits per heavy atom. The Hall–Kier alpha value is -2.01. The smallest absolute Gasteiger partial charge is 0.335 e. The van der Waals surface area contributed by atoms with Crippen molar-refractivity contribution in [2.24, 2.45) is 0 Å². The minimum absolute atomic E-state index is 0.127. The number of carboxylic acids is 1. The number of aromatic nitrogens is 1. The van der Waals surface area contributed by atoms with Gasteiger partial charge in [-0.15, -0.1) is 11.8 Å². The second-order valence-electron chi connectivity index (χ2n) is 4.83. The molecule has 0 amide bonds. The molecule has 0 bridgehead atoms. The average Bonchev–Trinajstić information content (AvgIpc) is 2.47. The summed E-state index contributed by atoms with van der Waals surface area (Å²) in [5.74, 6) is 0.125. The number of nitrogens with zero attached hydrogens (tertiary/aromatic N) is 1. The van der Waals surface area contributed by atoms with E-state index in [0.29, 0.717) is 17.3 Å². The van der Waals surface area contributed by atoms with Crippen LogP contribution < -0.4 is 4.74 Å². The van der Waals surface area contributed by atoms with E-state index in [-0.39, 0.29) is 11.5 Å². The number of ether oxygens (including phenoxy) is 1. The molecule has 1 aromatic carbocycles. The molecule has 1 heterocycles. The highest BCUT2D eigenvalue weighted by Gasteiger charge is 2.13. The lowest BCUT2D eigenvalue weighted by atomic mass is 10.1. The molecule has 1 aromatic heterocycles. The SMILES string of the molecule is CSc1ccccc1Oc1cc(C(=O)O)cc(C(C)C)n1. The molecular weight excluding hydrogens is 286 g/mol. The molecule has 0 saturated heterocycles. The maximum Gasteiger partial charge on any atom is 0.335 e. The number of carboxylic acid groups (broad SMARTS) is 1. The monoisotopic (exact) mass is 303 g/mol. The summed E-state index contributed by atoms with van der Waals surface area (Å²) in [5, 5.41) is 9.19. The molecule has 1 N–H and O–H groups in total. The van der Waals surface area contributed by atoms with E-state index in [1.165, 1.54) is 6.07 Å². The summed E-state index contributed by atoms with van der Waals surface area (Å²) in [4.78, 5) is 16.6. The summed E-state index contributed by atoms with van der Waals surface area (Å²) in [6.45, 7) is 3.93. The lowest BCUT2D eigenvalue weighted by molar-refractivity contribution is 0.0696. The molecule has 0 spiro atoms. The second kappa shape index (κ2) is 6.63. The molecule has 0 fully saturated rings. The van der Waals surface area contributed by atoms with Crippen LogP contribution in [0.1, 0.15) is 35.8 Å². The zero-order valence-electron chi connectivity index (χ0n) is 12.2. The molecule has 0 saturated carbocycles. The van der Waals surface area contributed by atoms with Gasteiger partial charge in [0, 0.05) is 16.7 Å². The Morgan fingerprint density at radius 1 is 1.29 bits per heavy atom. The maximum atomic E-state index is 11.2. The lowest BCUT2D eigenvalue weighted by Gasteiger charge is -2.12. The molecule has 21 heavy (non-hydrogen) atoms. The zero-order chi connectivity index (χ0) is 15.4. The number of pyridine rings is 1. The highest BCUT2D eigenvalue weighted by atomic mass is 32.2. The molecule has 0 unspecified atom stereocenters. The number of thioether (sulfide) groups is 1. The van der Waals surface area contributed by atoms with Crippen molar-refractivity contribution < 1.29 is 14.6 Å². The van der Waals surface area contributed by atoms with Gasteiger partial charge in [-0.1, -0.05) is 26.0 Å². The summed E-state index contributed by atoms with van der Waals surface area (Å²) in [6, 6.07) is 10.6. The molecule has 0 atom stereocenters. The van der Waals surface area contributed by atoms with Crippen LogP contribution in [0.25, 0.3) is 0 Å². The van der Waals surface area contributed by atoms with E-state index >= 15 is 0 Å². The third-order valence-corrected chi connectivity index (χ3v) is 3.72. The fourth-order valence-corrected chi connectivity index (χ4v) is 2.34. The van der Waals surface area contributed by atoms with Crippen LogP contribution >= 0.6 is 11.8 Å². The Bertz CT molecular complexity index is 656. The van der Waals surface area contributed by atoms with Gasteiger partial charge in [0.15, 0.2) is 0 Å². The fourth-order valence-electron chi connectivity index (χ4n) is 1.81. The standard InChI is InChI=1S/C16H17NO3S/c1-10(2)12-8-11(16(18)19)9-15(17-12)20-13-6-4-5-7-14(13)21-3/h4-10H,1-3H3,(H,18,19). The van der Waals surface area contributed by atoms with Gasteiger partial charge >= 0.3 is 5.97 Å². The molecule has 110 valence electrons. The molecule has 0 aliphatic rings. The lowest BCUT2D eigenvalue weighted by Crippen LogP contribution is -2.03. The van der Waals surface area contributed by atoms with Gasteiger partial charge in [0.25, 0.3) is 0 Å². The molecule has 2 aromatic rings. The van der Waals surface area contributed by atoms with Crippen molar-refractivity contribution in [3.8, 4) is 11.6 Å². The van der Waals surface area contributed by atoms with E-state index in [1.807, 2.05) is 44.4 Å². The Kier molecular flexibility index (Phi) is 4.85. The topological polar surface area (TPSA) is 59.4 Å². The van der Waals surface area contributed by atoms with Crippen LogP contribution in [0.4, 0.5) is 0 Å². The molecule has 4 nitrogen and oxygen atoms in total. The first kappa shape index (κ1) is 15.4. The summed E-state index contributed by atoms with van der Waals surface area (Å²) in [5.41, 5.74) is 0.886.